The van der Waals surface area contributed by atoms with Crippen molar-refractivity contribution in [3.05, 3.63) is 74.8 Å². The Morgan fingerprint density at radius 2 is 1.91 bits per heavy atom. The van der Waals surface area contributed by atoms with Crippen LogP contribution in [0.5, 0.6) is 0 Å². The van der Waals surface area contributed by atoms with Crippen LogP contribution in [0.4, 0.5) is 5.69 Å². The van der Waals surface area contributed by atoms with E-state index in [0.29, 0.717) is 17.1 Å². The molecule has 1 amide bonds. The van der Waals surface area contributed by atoms with Gasteiger partial charge in [0.25, 0.3) is 11.6 Å². The summed E-state index contributed by atoms with van der Waals surface area (Å²) in [6.45, 7) is 0.621. The number of hydrogen-bond acceptors (Lipinski definition) is 4. The highest BCUT2D eigenvalue weighted by atomic mass is 35.5. The van der Waals surface area contributed by atoms with E-state index in [1.165, 1.54) is 24.3 Å². The minimum absolute atomic E-state index is 0.0278. The van der Waals surface area contributed by atoms with E-state index in [1.807, 2.05) is 24.3 Å². The average molecular weight is 349 g/mol. The third-order valence-corrected chi connectivity index (χ3v) is 5.23. The Labute approximate surface area is 142 Å². The van der Waals surface area contributed by atoms with E-state index in [2.05, 4.69) is 0 Å². The molecule has 1 atom stereocenters. The third-order valence-electron chi connectivity index (χ3n) is 3.65. The van der Waals surface area contributed by atoms with Gasteiger partial charge in [-0.3, -0.25) is 14.9 Å². The quantitative estimate of drug-likeness (QED) is 0.617. The number of non-ortho nitro benzene ring substituents is 1. The molecule has 0 saturated carbocycles. The molecule has 1 heterocycles. The normalized spacial score (nSPS) is 17.3. The lowest BCUT2D eigenvalue weighted by Gasteiger charge is -2.25. The van der Waals surface area contributed by atoms with Crippen LogP contribution >= 0.6 is 23.4 Å². The molecule has 0 unspecified atom stereocenters. The van der Waals surface area contributed by atoms with E-state index in [0.717, 1.165) is 11.3 Å². The van der Waals surface area contributed by atoms with Gasteiger partial charge >= 0.3 is 0 Å². The smallest absolute Gasteiger partial charge is 0.269 e. The van der Waals surface area contributed by atoms with Crippen molar-refractivity contribution >= 4 is 35.0 Å². The lowest BCUT2D eigenvalue weighted by molar-refractivity contribution is -0.384. The number of nitrogens with zero attached hydrogens (tertiary/aromatic N) is 2. The van der Waals surface area contributed by atoms with Gasteiger partial charge in [0, 0.05) is 40.6 Å². The average Bonchev–Trinajstić information content (AvgIpc) is 3.04. The maximum atomic E-state index is 12.7. The summed E-state index contributed by atoms with van der Waals surface area (Å²) in [6, 6.07) is 13.2. The number of nitro benzene ring substituents is 1. The minimum Gasteiger partial charge on any atom is -0.322 e. The first-order valence-electron chi connectivity index (χ1n) is 6.99. The predicted molar refractivity (Wildman–Crippen MR) is 90.8 cm³/mol. The Kier molecular flexibility index (Phi) is 4.54. The topological polar surface area (TPSA) is 63.4 Å². The molecule has 0 N–H and O–H groups in total. The maximum absolute atomic E-state index is 12.7. The number of halogens is 1. The summed E-state index contributed by atoms with van der Waals surface area (Å²) in [5.41, 5.74) is 1.32. The number of hydrogen-bond donors (Lipinski definition) is 0. The van der Waals surface area contributed by atoms with Crippen LogP contribution in [0.3, 0.4) is 0 Å². The Bertz CT molecular complexity index is 751. The Morgan fingerprint density at radius 1 is 1.22 bits per heavy atom. The number of benzene rings is 2. The molecular formula is C16H13ClN2O3S. The standard InChI is InChI=1S/C16H13ClN2O3S/c17-14-4-2-1-3-13(14)16-18(9-10-23-16)15(20)11-5-7-12(8-6-11)19(21)22/h1-8,16H,9-10H2/t16-/m1/s1. The van der Waals surface area contributed by atoms with Gasteiger partial charge in [0.05, 0.1) is 4.92 Å². The van der Waals surface area contributed by atoms with E-state index in [1.54, 1.807) is 16.7 Å². The van der Waals surface area contributed by atoms with Crippen molar-refractivity contribution in [3.63, 3.8) is 0 Å². The van der Waals surface area contributed by atoms with E-state index in [9.17, 15) is 14.9 Å². The highest BCUT2D eigenvalue weighted by Gasteiger charge is 2.32. The molecule has 2 aromatic carbocycles. The molecule has 0 aromatic heterocycles. The van der Waals surface area contributed by atoms with Crippen molar-refractivity contribution in [2.45, 2.75) is 5.37 Å². The highest BCUT2D eigenvalue weighted by molar-refractivity contribution is 7.99. The summed E-state index contributed by atoms with van der Waals surface area (Å²) < 4.78 is 0. The molecule has 1 saturated heterocycles. The molecule has 1 aliphatic heterocycles. The molecule has 2 aromatic rings. The second-order valence-electron chi connectivity index (χ2n) is 5.05. The second-order valence-corrected chi connectivity index (χ2v) is 6.64. The molecule has 0 radical (unpaired) electrons. The fourth-order valence-corrected chi connectivity index (χ4v) is 4.10. The largest absolute Gasteiger partial charge is 0.322 e. The summed E-state index contributed by atoms with van der Waals surface area (Å²) >= 11 is 7.91. The number of rotatable bonds is 3. The molecule has 1 fully saturated rings. The van der Waals surface area contributed by atoms with Crippen LogP contribution in [0.2, 0.25) is 5.02 Å². The van der Waals surface area contributed by atoms with Crippen molar-refractivity contribution in [2.75, 3.05) is 12.3 Å². The summed E-state index contributed by atoms with van der Waals surface area (Å²) in [7, 11) is 0. The molecule has 0 spiro atoms. The monoisotopic (exact) mass is 348 g/mol. The Balaban J connectivity index is 1.86. The first-order chi connectivity index (χ1) is 11.1. The predicted octanol–water partition coefficient (Wildman–Crippen LogP) is 4.14. The van der Waals surface area contributed by atoms with E-state index in [-0.39, 0.29) is 17.0 Å². The minimum atomic E-state index is -0.480. The van der Waals surface area contributed by atoms with Crippen LogP contribution < -0.4 is 0 Å². The summed E-state index contributed by atoms with van der Waals surface area (Å²) in [5.74, 6) is 0.684. The van der Waals surface area contributed by atoms with Crippen molar-refractivity contribution in [1.29, 1.82) is 0 Å². The van der Waals surface area contributed by atoms with Gasteiger partial charge in [-0.15, -0.1) is 11.8 Å². The van der Waals surface area contributed by atoms with Crippen LogP contribution in [0, 0.1) is 10.1 Å². The second kappa shape index (κ2) is 6.60. The third kappa shape index (κ3) is 3.18. The number of carbonyl (C=O) groups is 1. The van der Waals surface area contributed by atoms with Gasteiger partial charge in [-0.1, -0.05) is 29.8 Å². The van der Waals surface area contributed by atoms with Gasteiger partial charge in [0.1, 0.15) is 5.37 Å². The van der Waals surface area contributed by atoms with Gasteiger partial charge < -0.3 is 4.90 Å². The van der Waals surface area contributed by atoms with E-state index < -0.39 is 4.92 Å². The number of thioether (sulfide) groups is 1. The van der Waals surface area contributed by atoms with Crippen molar-refractivity contribution < 1.29 is 9.72 Å². The lowest BCUT2D eigenvalue weighted by atomic mass is 10.1. The zero-order valence-corrected chi connectivity index (χ0v) is 13.6. The number of nitro groups is 1. The Morgan fingerprint density at radius 3 is 2.57 bits per heavy atom. The molecule has 0 aliphatic carbocycles. The molecule has 23 heavy (non-hydrogen) atoms. The van der Waals surface area contributed by atoms with Crippen LogP contribution in [0.15, 0.2) is 48.5 Å². The van der Waals surface area contributed by atoms with Gasteiger partial charge in [0.15, 0.2) is 0 Å². The summed E-state index contributed by atoms with van der Waals surface area (Å²) in [4.78, 5) is 24.7. The molecule has 1 aliphatic rings. The molecule has 5 nitrogen and oxygen atoms in total. The number of amides is 1. The molecule has 3 rings (SSSR count). The van der Waals surface area contributed by atoms with E-state index >= 15 is 0 Å². The first-order valence-corrected chi connectivity index (χ1v) is 8.42. The van der Waals surface area contributed by atoms with Crippen LogP contribution in [-0.2, 0) is 0 Å². The van der Waals surface area contributed by atoms with Crippen LogP contribution in [0.1, 0.15) is 21.3 Å². The van der Waals surface area contributed by atoms with Crippen molar-refractivity contribution in [2.24, 2.45) is 0 Å². The van der Waals surface area contributed by atoms with Gasteiger partial charge in [0.2, 0.25) is 0 Å². The summed E-state index contributed by atoms with van der Waals surface area (Å²) in [6.07, 6.45) is 0. The molecular weight excluding hydrogens is 336 g/mol. The van der Waals surface area contributed by atoms with Gasteiger partial charge in [-0.25, -0.2) is 0 Å². The van der Waals surface area contributed by atoms with Crippen LogP contribution in [0.25, 0.3) is 0 Å². The summed E-state index contributed by atoms with van der Waals surface area (Å²) in [5, 5.41) is 11.2. The van der Waals surface area contributed by atoms with Gasteiger partial charge in [-0.2, -0.15) is 0 Å². The zero-order chi connectivity index (χ0) is 16.4. The fourth-order valence-electron chi connectivity index (χ4n) is 2.50. The Hall–Kier alpha value is -2.05. The van der Waals surface area contributed by atoms with Gasteiger partial charge in [-0.05, 0) is 18.2 Å². The van der Waals surface area contributed by atoms with E-state index in [4.69, 9.17) is 11.6 Å². The zero-order valence-electron chi connectivity index (χ0n) is 12.0. The van der Waals surface area contributed by atoms with Crippen LogP contribution in [-0.4, -0.2) is 28.0 Å². The number of carbonyl (C=O) groups excluding carboxylic acids is 1. The van der Waals surface area contributed by atoms with Crippen molar-refractivity contribution in [3.8, 4) is 0 Å². The first kappa shape index (κ1) is 15.8. The molecule has 0 bridgehead atoms. The van der Waals surface area contributed by atoms with Crippen molar-refractivity contribution in [1.82, 2.24) is 4.90 Å². The lowest BCUT2D eigenvalue weighted by Crippen LogP contribution is -2.30. The SMILES string of the molecule is O=C(c1ccc([N+](=O)[O-])cc1)N1CCS[C@@H]1c1ccccc1Cl. The fraction of sp³-hybridized carbons (Fsp3) is 0.188. The molecule has 118 valence electrons. The highest BCUT2D eigenvalue weighted by Crippen LogP contribution is 2.41. The maximum Gasteiger partial charge on any atom is 0.269 e. The molecule has 7 heteroatoms.